The third-order valence-electron chi connectivity index (χ3n) is 4.10. The van der Waals surface area contributed by atoms with Gasteiger partial charge in [-0.1, -0.05) is 19.1 Å². The van der Waals surface area contributed by atoms with Gasteiger partial charge in [0.05, 0.1) is 31.3 Å². The molecule has 0 saturated heterocycles. The second kappa shape index (κ2) is 9.45. The standard InChI is InChI=1S/C20H26N2O5S/c1-5-18(20(23)21-17-9-7-8-10-19(17)26-3)22(28(4,24)25)15-11-13-16(14-12-15)27-6-2/h7-14,18H,5-6H2,1-4H3,(H,21,23). The van der Waals surface area contributed by atoms with E-state index in [9.17, 15) is 13.2 Å². The number of methoxy groups -OCH3 is 1. The Morgan fingerprint density at radius 3 is 2.29 bits per heavy atom. The summed E-state index contributed by atoms with van der Waals surface area (Å²) >= 11 is 0. The first-order chi connectivity index (χ1) is 13.3. The van der Waals surface area contributed by atoms with Gasteiger partial charge in [-0.05, 0) is 49.7 Å². The molecular weight excluding hydrogens is 380 g/mol. The number of nitrogens with zero attached hydrogens (tertiary/aromatic N) is 1. The van der Waals surface area contributed by atoms with Crippen molar-refractivity contribution in [2.24, 2.45) is 0 Å². The molecule has 1 N–H and O–H groups in total. The molecule has 0 saturated carbocycles. The van der Waals surface area contributed by atoms with Crippen LogP contribution in [-0.4, -0.2) is 40.3 Å². The van der Waals surface area contributed by atoms with Crippen molar-refractivity contribution in [3.63, 3.8) is 0 Å². The van der Waals surface area contributed by atoms with E-state index in [2.05, 4.69) is 5.32 Å². The summed E-state index contributed by atoms with van der Waals surface area (Å²) in [7, 11) is -2.20. The lowest BCUT2D eigenvalue weighted by atomic mass is 10.1. The zero-order valence-electron chi connectivity index (χ0n) is 16.5. The molecule has 1 atom stereocenters. The van der Waals surface area contributed by atoms with E-state index in [1.807, 2.05) is 6.92 Å². The normalized spacial score (nSPS) is 12.1. The van der Waals surface area contributed by atoms with Gasteiger partial charge < -0.3 is 14.8 Å². The summed E-state index contributed by atoms with van der Waals surface area (Å²) in [5.74, 6) is 0.690. The van der Waals surface area contributed by atoms with Crippen LogP contribution in [0.3, 0.4) is 0 Å². The molecule has 0 heterocycles. The average molecular weight is 407 g/mol. The molecule has 7 nitrogen and oxygen atoms in total. The summed E-state index contributed by atoms with van der Waals surface area (Å²) in [5, 5.41) is 2.77. The fourth-order valence-corrected chi connectivity index (χ4v) is 4.09. The maximum atomic E-state index is 12.9. The van der Waals surface area contributed by atoms with Crippen molar-refractivity contribution in [1.82, 2.24) is 0 Å². The summed E-state index contributed by atoms with van der Waals surface area (Å²) in [5.41, 5.74) is 0.876. The van der Waals surface area contributed by atoms with Gasteiger partial charge in [0.1, 0.15) is 17.5 Å². The van der Waals surface area contributed by atoms with E-state index in [0.29, 0.717) is 35.9 Å². The van der Waals surface area contributed by atoms with Crippen LogP contribution in [0.2, 0.25) is 0 Å². The van der Waals surface area contributed by atoms with Gasteiger partial charge in [0, 0.05) is 0 Å². The number of nitrogens with one attached hydrogen (secondary N) is 1. The summed E-state index contributed by atoms with van der Waals surface area (Å²) in [6.45, 7) is 4.14. The van der Waals surface area contributed by atoms with Crippen LogP contribution in [0, 0.1) is 0 Å². The highest BCUT2D eigenvalue weighted by molar-refractivity contribution is 7.92. The fraction of sp³-hybridized carbons (Fsp3) is 0.350. The molecule has 2 aromatic carbocycles. The van der Waals surface area contributed by atoms with Gasteiger partial charge in [0.15, 0.2) is 0 Å². The van der Waals surface area contributed by atoms with Crippen LogP contribution in [0.25, 0.3) is 0 Å². The average Bonchev–Trinajstić information content (AvgIpc) is 2.66. The van der Waals surface area contributed by atoms with Crippen molar-refractivity contribution in [2.75, 3.05) is 29.6 Å². The number of rotatable bonds is 9. The number of para-hydroxylation sites is 2. The predicted molar refractivity (Wildman–Crippen MR) is 111 cm³/mol. The lowest BCUT2D eigenvalue weighted by Gasteiger charge is -2.30. The molecule has 0 aliphatic heterocycles. The van der Waals surface area contributed by atoms with Crippen molar-refractivity contribution in [3.8, 4) is 11.5 Å². The number of sulfonamides is 1. The van der Waals surface area contributed by atoms with Gasteiger partial charge in [-0.15, -0.1) is 0 Å². The molecule has 0 aliphatic carbocycles. The first kappa shape index (κ1) is 21.6. The molecule has 0 aromatic heterocycles. The number of amides is 1. The SMILES string of the molecule is CCOc1ccc(N(C(CC)C(=O)Nc2ccccc2OC)S(C)(=O)=O)cc1. The molecule has 0 radical (unpaired) electrons. The Hall–Kier alpha value is -2.74. The fourth-order valence-electron chi connectivity index (χ4n) is 2.88. The molecule has 0 fully saturated rings. The van der Waals surface area contributed by atoms with Crippen LogP contribution >= 0.6 is 0 Å². The van der Waals surface area contributed by atoms with Crippen molar-refractivity contribution in [1.29, 1.82) is 0 Å². The molecule has 28 heavy (non-hydrogen) atoms. The Balaban J connectivity index is 2.36. The number of carbonyl (C=O) groups excluding carboxylic acids is 1. The van der Waals surface area contributed by atoms with E-state index >= 15 is 0 Å². The van der Waals surface area contributed by atoms with Crippen molar-refractivity contribution >= 4 is 27.3 Å². The number of ether oxygens (including phenoxy) is 2. The van der Waals surface area contributed by atoms with Crippen LogP contribution in [0.15, 0.2) is 48.5 Å². The Kier molecular flexibility index (Phi) is 7.28. The van der Waals surface area contributed by atoms with E-state index in [-0.39, 0.29) is 0 Å². The highest BCUT2D eigenvalue weighted by atomic mass is 32.2. The molecule has 2 rings (SSSR count). The number of carbonyl (C=O) groups is 1. The lowest BCUT2D eigenvalue weighted by molar-refractivity contribution is -0.117. The Morgan fingerprint density at radius 2 is 1.75 bits per heavy atom. The van der Waals surface area contributed by atoms with E-state index in [0.717, 1.165) is 10.6 Å². The molecule has 0 spiro atoms. The van der Waals surface area contributed by atoms with Crippen LogP contribution in [-0.2, 0) is 14.8 Å². The monoisotopic (exact) mass is 406 g/mol. The summed E-state index contributed by atoms with van der Waals surface area (Å²) in [6, 6.07) is 12.7. The summed E-state index contributed by atoms with van der Waals surface area (Å²) in [6.07, 6.45) is 1.38. The highest BCUT2D eigenvalue weighted by Gasteiger charge is 2.31. The van der Waals surface area contributed by atoms with Gasteiger partial charge in [0.25, 0.3) is 0 Å². The van der Waals surface area contributed by atoms with Crippen LogP contribution in [0.1, 0.15) is 20.3 Å². The molecule has 0 aliphatic rings. The first-order valence-electron chi connectivity index (χ1n) is 8.98. The highest BCUT2D eigenvalue weighted by Crippen LogP contribution is 2.27. The zero-order chi connectivity index (χ0) is 20.7. The molecule has 1 unspecified atom stereocenters. The van der Waals surface area contributed by atoms with Crippen LogP contribution in [0.5, 0.6) is 11.5 Å². The Bertz CT molecular complexity index is 897. The smallest absolute Gasteiger partial charge is 0.248 e. The number of hydrogen-bond donors (Lipinski definition) is 1. The minimum Gasteiger partial charge on any atom is -0.495 e. The second-order valence-corrected chi connectivity index (χ2v) is 7.96. The van der Waals surface area contributed by atoms with E-state index in [4.69, 9.17) is 9.47 Å². The predicted octanol–water partition coefficient (Wildman–Crippen LogP) is 3.28. The molecule has 0 bridgehead atoms. The largest absolute Gasteiger partial charge is 0.495 e. The molecule has 8 heteroatoms. The first-order valence-corrected chi connectivity index (χ1v) is 10.8. The minimum atomic E-state index is -3.71. The minimum absolute atomic E-state index is 0.293. The second-order valence-electron chi connectivity index (χ2n) is 6.10. The quantitative estimate of drug-likeness (QED) is 0.691. The molecule has 152 valence electrons. The molecule has 2 aromatic rings. The van der Waals surface area contributed by atoms with E-state index in [1.165, 1.54) is 7.11 Å². The van der Waals surface area contributed by atoms with Gasteiger partial charge in [0.2, 0.25) is 15.9 Å². The zero-order valence-corrected chi connectivity index (χ0v) is 17.3. The van der Waals surface area contributed by atoms with Gasteiger partial charge >= 0.3 is 0 Å². The van der Waals surface area contributed by atoms with Crippen LogP contribution < -0.4 is 19.1 Å². The number of anilines is 2. The lowest BCUT2D eigenvalue weighted by Crippen LogP contribution is -2.47. The maximum Gasteiger partial charge on any atom is 0.248 e. The molecule has 1 amide bonds. The number of hydrogen-bond acceptors (Lipinski definition) is 5. The summed E-state index contributed by atoms with van der Waals surface area (Å²) in [4.78, 5) is 12.9. The Labute approximate surface area is 166 Å². The van der Waals surface area contributed by atoms with Gasteiger partial charge in [-0.25, -0.2) is 8.42 Å². The van der Waals surface area contributed by atoms with Crippen molar-refractivity contribution < 1.29 is 22.7 Å². The van der Waals surface area contributed by atoms with E-state index in [1.54, 1.807) is 55.5 Å². The molecular formula is C20H26N2O5S. The van der Waals surface area contributed by atoms with Gasteiger partial charge in [-0.3, -0.25) is 9.10 Å². The third kappa shape index (κ3) is 5.16. The summed E-state index contributed by atoms with van der Waals surface area (Å²) < 4.78 is 36.8. The van der Waals surface area contributed by atoms with Crippen molar-refractivity contribution in [3.05, 3.63) is 48.5 Å². The Morgan fingerprint density at radius 1 is 1.11 bits per heavy atom. The number of benzene rings is 2. The maximum absolute atomic E-state index is 12.9. The van der Waals surface area contributed by atoms with Crippen molar-refractivity contribution in [2.45, 2.75) is 26.3 Å². The third-order valence-corrected chi connectivity index (χ3v) is 5.28. The van der Waals surface area contributed by atoms with Crippen LogP contribution in [0.4, 0.5) is 11.4 Å². The van der Waals surface area contributed by atoms with Gasteiger partial charge in [-0.2, -0.15) is 0 Å². The van der Waals surface area contributed by atoms with E-state index < -0.39 is 22.0 Å². The topological polar surface area (TPSA) is 84.9 Å².